The van der Waals surface area contributed by atoms with E-state index >= 15 is 0 Å². The van der Waals surface area contributed by atoms with E-state index < -0.39 is 0 Å². The molecule has 0 unspecified atom stereocenters. The molecule has 14 heavy (non-hydrogen) atoms. The molecular formula is C9H13ClN2OS. The molecule has 5 heteroatoms. The first-order chi connectivity index (χ1) is 6.08. The zero-order valence-electron chi connectivity index (χ0n) is 8.40. The smallest absolute Gasteiger partial charge is 0.188 e. The van der Waals surface area contributed by atoms with Gasteiger partial charge in [0, 0.05) is 11.4 Å². The minimum absolute atomic E-state index is 0. The van der Waals surface area contributed by atoms with Crippen molar-refractivity contribution in [1.29, 1.82) is 0 Å². The number of Topliss-reactive ketones (excluding diaryl/α,β-unsaturated/α-hetero) is 1. The molecule has 0 bridgehead atoms. The lowest BCUT2D eigenvalue weighted by atomic mass is 10.4. The molecule has 1 aromatic rings. The van der Waals surface area contributed by atoms with Gasteiger partial charge in [-0.1, -0.05) is 11.8 Å². The number of aromatic nitrogens is 2. The monoisotopic (exact) mass is 232 g/mol. The van der Waals surface area contributed by atoms with E-state index in [0.717, 1.165) is 11.4 Å². The van der Waals surface area contributed by atoms with Crippen LogP contribution in [0.2, 0.25) is 0 Å². The summed E-state index contributed by atoms with van der Waals surface area (Å²) in [5.41, 5.74) is 1.89. The highest BCUT2D eigenvalue weighted by molar-refractivity contribution is 7.99. The van der Waals surface area contributed by atoms with Gasteiger partial charge in [0.2, 0.25) is 0 Å². The van der Waals surface area contributed by atoms with Crippen molar-refractivity contribution in [1.82, 2.24) is 9.97 Å². The number of ketones is 1. The van der Waals surface area contributed by atoms with Crippen LogP contribution in [0.25, 0.3) is 0 Å². The summed E-state index contributed by atoms with van der Waals surface area (Å²) in [4.78, 5) is 19.1. The number of carbonyl (C=O) groups is 1. The molecule has 0 aromatic carbocycles. The molecule has 0 aliphatic carbocycles. The Morgan fingerprint density at radius 3 is 2.29 bits per heavy atom. The number of thioether (sulfide) groups is 1. The average molecular weight is 233 g/mol. The third kappa shape index (κ3) is 4.58. The third-order valence-electron chi connectivity index (χ3n) is 1.37. The molecule has 0 N–H and O–H groups in total. The van der Waals surface area contributed by atoms with Crippen molar-refractivity contribution in [2.45, 2.75) is 25.9 Å². The Hall–Kier alpha value is -0.610. The zero-order valence-corrected chi connectivity index (χ0v) is 10.0. The molecule has 78 valence electrons. The van der Waals surface area contributed by atoms with Gasteiger partial charge in [0.1, 0.15) is 5.78 Å². The molecule has 0 amide bonds. The van der Waals surface area contributed by atoms with E-state index in [4.69, 9.17) is 0 Å². The summed E-state index contributed by atoms with van der Waals surface area (Å²) in [6, 6.07) is 1.91. The minimum atomic E-state index is 0. The van der Waals surface area contributed by atoms with Crippen LogP contribution in [0.15, 0.2) is 11.2 Å². The Labute approximate surface area is 94.1 Å². The second kappa shape index (κ2) is 5.98. The van der Waals surface area contributed by atoms with Crippen LogP contribution in [0.3, 0.4) is 0 Å². The molecule has 0 spiro atoms. The first kappa shape index (κ1) is 13.4. The fraction of sp³-hybridized carbons (Fsp3) is 0.444. The molecule has 0 aliphatic rings. The van der Waals surface area contributed by atoms with Gasteiger partial charge in [-0.2, -0.15) is 0 Å². The number of hydrogen-bond acceptors (Lipinski definition) is 4. The normalized spacial score (nSPS) is 9.36. The van der Waals surface area contributed by atoms with Crippen molar-refractivity contribution in [3.8, 4) is 0 Å². The lowest BCUT2D eigenvalue weighted by Crippen LogP contribution is -1.97. The predicted octanol–water partition coefficient (Wildman–Crippen LogP) is 2.20. The maximum Gasteiger partial charge on any atom is 0.188 e. The fourth-order valence-electron chi connectivity index (χ4n) is 0.924. The van der Waals surface area contributed by atoms with Gasteiger partial charge in [-0.05, 0) is 26.8 Å². The maximum atomic E-state index is 10.7. The van der Waals surface area contributed by atoms with Crippen molar-refractivity contribution >= 4 is 30.0 Å². The van der Waals surface area contributed by atoms with Gasteiger partial charge in [-0.15, -0.1) is 12.4 Å². The quantitative estimate of drug-likeness (QED) is 0.592. The van der Waals surface area contributed by atoms with E-state index in [-0.39, 0.29) is 18.2 Å². The van der Waals surface area contributed by atoms with Gasteiger partial charge in [0.05, 0.1) is 5.75 Å². The lowest BCUT2D eigenvalue weighted by molar-refractivity contribution is -0.114. The summed E-state index contributed by atoms with van der Waals surface area (Å²) < 4.78 is 0. The Morgan fingerprint density at radius 1 is 1.36 bits per heavy atom. The molecule has 1 heterocycles. The first-order valence-electron chi connectivity index (χ1n) is 4.02. The largest absolute Gasteiger partial charge is 0.299 e. The van der Waals surface area contributed by atoms with E-state index in [2.05, 4.69) is 9.97 Å². The summed E-state index contributed by atoms with van der Waals surface area (Å²) in [5, 5.41) is 0.688. The predicted molar refractivity (Wildman–Crippen MR) is 60.2 cm³/mol. The standard InChI is InChI=1S/C9H12N2OS.ClH/c1-6-4-7(2)11-9(10-6)13-5-8(3)12;/h4H,5H2,1-3H3;1H. The number of rotatable bonds is 3. The van der Waals surface area contributed by atoms with Crippen molar-refractivity contribution in [3.05, 3.63) is 17.5 Å². The van der Waals surface area contributed by atoms with E-state index in [9.17, 15) is 4.79 Å². The summed E-state index contributed by atoms with van der Waals surface area (Å²) >= 11 is 1.39. The van der Waals surface area contributed by atoms with E-state index in [1.165, 1.54) is 11.8 Å². The van der Waals surface area contributed by atoms with Crippen LogP contribution < -0.4 is 0 Å². The second-order valence-corrected chi connectivity index (χ2v) is 3.87. The topological polar surface area (TPSA) is 42.9 Å². The number of carbonyl (C=O) groups excluding carboxylic acids is 1. The van der Waals surface area contributed by atoms with Gasteiger partial charge in [-0.25, -0.2) is 9.97 Å². The number of nitrogens with zero attached hydrogens (tertiary/aromatic N) is 2. The van der Waals surface area contributed by atoms with Crippen molar-refractivity contribution < 1.29 is 4.79 Å². The zero-order chi connectivity index (χ0) is 9.84. The molecule has 1 aromatic heterocycles. The molecule has 0 saturated heterocycles. The van der Waals surface area contributed by atoms with Gasteiger partial charge < -0.3 is 0 Å². The second-order valence-electron chi connectivity index (χ2n) is 2.92. The van der Waals surface area contributed by atoms with Crippen LogP contribution in [0.5, 0.6) is 0 Å². The van der Waals surface area contributed by atoms with E-state index in [0.29, 0.717) is 10.9 Å². The minimum Gasteiger partial charge on any atom is -0.299 e. The van der Waals surface area contributed by atoms with E-state index in [1.54, 1.807) is 6.92 Å². The number of hydrogen-bond donors (Lipinski definition) is 0. The van der Waals surface area contributed by atoms with Crippen LogP contribution >= 0.6 is 24.2 Å². The van der Waals surface area contributed by atoms with E-state index in [1.807, 2.05) is 19.9 Å². The van der Waals surface area contributed by atoms with Crippen LogP contribution in [0.1, 0.15) is 18.3 Å². The van der Waals surface area contributed by atoms with Gasteiger partial charge in [-0.3, -0.25) is 4.79 Å². The Morgan fingerprint density at radius 2 is 1.86 bits per heavy atom. The van der Waals surface area contributed by atoms with Crippen LogP contribution in [-0.4, -0.2) is 21.5 Å². The highest BCUT2D eigenvalue weighted by Crippen LogP contribution is 2.13. The molecule has 1 rings (SSSR count). The molecule has 0 fully saturated rings. The van der Waals surface area contributed by atoms with Crippen LogP contribution in [0, 0.1) is 13.8 Å². The molecular weight excluding hydrogens is 220 g/mol. The van der Waals surface area contributed by atoms with Gasteiger partial charge in [0.15, 0.2) is 5.16 Å². The Bertz CT molecular complexity index is 310. The first-order valence-corrected chi connectivity index (χ1v) is 5.01. The number of aryl methyl sites for hydroxylation is 2. The van der Waals surface area contributed by atoms with Crippen LogP contribution in [0.4, 0.5) is 0 Å². The Balaban J connectivity index is 0.00000169. The summed E-state index contributed by atoms with van der Waals surface area (Å²) in [7, 11) is 0. The summed E-state index contributed by atoms with van der Waals surface area (Å²) in [6.45, 7) is 5.41. The molecule has 0 aliphatic heterocycles. The summed E-state index contributed by atoms with van der Waals surface area (Å²) in [5.74, 6) is 0.593. The molecule has 0 radical (unpaired) electrons. The van der Waals surface area contributed by atoms with Crippen molar-refractivity contribution in [2.24, 2.45) is 0 Å². The van der Waals surface area contributed by atoms with Crippen molar-refractivity contribution in [3.63, 3.8) is 0 Å². The summed E-state index contributed by atoms with van der Waals surface area (Å²) in [6.07, 6.45) is 0. The fourth-order valence-corrected chi connectivity index (χ4v) is 1.67. The third-order valence-corrected chi connectivity index (χ3v) is 2.36. The maximum absolute atomic E-state index is 10.7. The van der Waals surface area contributed by atoms with Crippen molar-refractivity contribution in [2.75, 3.05) is 5.75 Å². The van der Waals surface area contributed by atoms with Gasteiger partial charge in [0.25, 0.3) is 0 Å². The Kier molecular flexibility index (Phi) is 5.72. The molecule has 0 saturated carbocycles. The highest BCUT2D eigenvalue weighted by atomic mass is 35.5. The highest BCUT2D eigenvalue weighted by Gasteiger charge is 2.01. The van der Waals surface area contributed by atoms with Crippen LogP contribution in [-0.2, 0) is 4.79 Å². The average Bonchev–Trinajstić information content (AvgIpc) is 1.99. The van der Waals surface area contributed by atoms with Gasteiger partial charge >= 0.3 is 0 Å². The number of halogens is 1. The lowest BCUT2D eigenvalue weighted by Gasteiger charge is -2.00. The SMILES string of the molecule is CC(=O)CSc1nc(C)cc(C)n1.Cl. The molecule has 0 atom stereocenters. The molecule has 3 nitrogen and oxygen atoms in total.